The topological polar surface area (TPSA) is 40.6 Å². The number of fused-ring (bicyclic) bond motifs is 1. The molecule has 0 saturated carbocycles. The maximum absolute atomic E-state index is 12.4. The molecule has 106 valence electrons. The molecular formula is C16H20N2O2. The fraction of sp³-hybridized carbons (Fsp3) is 0.500. The molecule has 2 heterocycles. The van der Waals surface area contributed by atoms with E-state index >= 15 is 0 Å². The van der Waals surface area contributed by atoms with E-state index in [-0.39, 0.29) is 18.0 Å². The van der Waals surface area contributed by atoms with Gasteiger partial charge in [-0.1, -0.05) is 31.2 Å². The normalized spacial score (nSPS) is 22.4. The van der Waals surface area contributed by atoms with Gasteiger partial charge in [-0.15, -0.1) is 0 Å². The minimum atomic E-state index is -0.203. The van der Waals surface area contributed by atoms with Gasteiger partial charge in [-0.3, -0.25) is 9.69 Å². The summed E-state index contributed by atoms with van der Waals surface area (Å²) in [5.74, 6) is -0.0170. The predicted octanol–water partition coefficient (Wildman–Crippen LogP) is 2.57. The lowest BCUT2D eigenvalue weighted by Gasteiger charge is -2.26. The molecular weight excluding hydrogens is 252 g/mol. The summed E-state index contributed by atoms with van der Waals surface area (Å²) in [7, 11) is 0. The van der Waals surface area contributed by atoms with Crippen LogP contribution in [0.15, 0.2) is 24.3 Å². The van der Waals surface area contributed by atoms with Crippen LogP contribution in [0.2, 0.25) is 0 Å². The van der Waals surface area contributed by atoms with Gasteiger partial charge in [0.2, 0.25) is 0 Å². The molecule has 4 nitrogen and oxygen atoms in total. The molecule has 0 radical (unpaired) electrons. The Morgan fingerprint density at radius 2 is 2.00 bits per heavy atom. The van der Waals surface area contributed by atoms with Gasteiger partial charge in [-0.2, -0.15) is 0 Å². The van der Waals surface area contributed by atoms with Gasteiger partial charge in [0, 0.05) is 6.54 Å². The molecule has 3 amide bonds. The second-order valence-corrected chi connectivity index (χ2v) is 5.59. The van der Waals surface area contributed by atoms with Gasteiger partial charge < -0.3 is 4.90 Å². The minimum absolute atomic E-state index is 0.0170. The number of nitrogens with zero attached hydrogens (tertiary/aromatic N) is 2. The van der Waals surface area contributed by atoms with Crippen LogP contribution in [0.25, 0.3) is 0 Å². The molecule has 0 aliphatic carbocycles. The van der Waals surface area contributed by atoms with Crippen molar-refractivity contribution < 1.29 is 9.59 Å². The average molecular weight is 272 g/mol. The van der Waals surface area contributed by atoms with E-state index < -0.39 is 0 Å². The largest absolute Gasteiger partial charge is 0.327 e. The van der Waals surface area contributed by atoms with Crippen LogP contribution in [0, 0.1) is 0 Å². The van der Waals surface area contributed by atoms with Gasteiger partial charge in [0.25, 0.3) is 5.91 Å². The number of hydrogen-bond donors (Lipinski definition) is 0. The molecule has 0 unspecified atom stereocenters. The lowest BCUT2D eigenvalue weighted by atomic mass is 10.0. The lowest BCUT2D eigenvalue weighted by Crippen LogP contribution is -2.38. The van der Waals surface area contributed by atoms with Crippen LogP contribution in [0.1, 0.15) is 37.3 Å². The van der Waals surface area contributed by atoms with E-state index in [0.717, 1.165) is 37.8 Å². The minimum Gasteiger partial charge on any atom is -0.312 e. The first-order valence-corrected chi connectivity index (χ1v) is 7.40. The number of rotatable bonds is 3. The summed E-state index contributed by atoms with van der Waals surface area (Å²) in [5.41, 5.74) is 2.27. The van der Waals surface area contributed by atoms with Crippen LogP contribution in [-0.4, -0.2) is 34.3 Å². The van der Waals surface area contributed by atoms with Crippen LogP contribution >= 0.6 is 0 Å². The van der Waals surface area contributed by atoms with Crippen LogP contribution < -0.4 is 0 Å². The Hall–Kier alpha value is -1.84. The highest BCUT2D eigenvalue weighted by Gasteiger charge is 2.45. The van der Waals surface area contributed by atoms with Crippen molar-refractivity contribution in [2.45, 2.75) is 45.2 Å². The summed E-state index contributed by atoms with van der Waals surface area (Å²) in [4.78, 5) is 27.9. The smallest absolute Gasteiger partial charge is 0.312 e. The fourth-order valence-electron chi connectivity index (χ4n) is 3.12. The number of aryl methyl sites for hydroxylation is 1. The number of urea groups is 1. The third-order valence-electron chi connectivity index (χ3n) is 4.27. The van der Waals surface area contributed by atoms with E-state index in [0.29, 0.717) is 6.54 Å². The van der Waals surface area contributed by atoms with Crippen molar-refractivity contribution in [1.29, 1.82) is 0 Å². The zero-order valence-corrected chi connectivity index (χ0v) is 11.8. The van der Waals surface area contributed by atoms with Crippen molar-refractivity contribution in [1.82, 2.24) is 9.80 Å². The Morgan fingerprint density at radius 1 is 1.20 bits per heavy atom. The number of carbonyl (C=O) groups excluding carboxylic acids is 2. The average Bonchev–Trinajstić information content (AvgIpc) is 2.73. The van der Waals surface area contributed by atoms with E-state index in [9.17, 15) is 9.59 Å². The Morgan fingerprint density at radius 3 is 2.75 bits per heavy atom. The summed E-state index contributed by atoms with van der Waals surface area (Å²) in [6.07, 6.45) is 3.83. The van der Waals surface area contributed by atoms with Crippen molar-refractivity contribution in [3.8, 4) is 0 Å². The standard InChI is InChI=1S/C16H20N2O2/c1-2-12-6-5-7-13(10-12)11-18-15(19)14-8-3-4-9-17(14)16(18)20/h5-7,10,14H,2-4,8-9,11H2,1H3/t14-/m0/s1. The third-order valence-corrected chi connectivity index (χ3v) is 4.27. The monoisotopic (exact) mass is 272 g/mol. The Labute approximate surface area is 119 Å². The predicted molar refractivity (Wildman–Crippen MR) is 76.1 cm³/mol. The molecule has 3 rings (SSSR count). The zero-order chi connectivity index (χ0) is 14.1. The second-order valence-electron chi connectivity index (χ2n) is 5.59. The number of carbonyl (C=O) groups is 2. The summed E-state index contributed by atoms with van der Waals surface area (Å²) in [6.45, 7) is 3.23. The van der Waals surface area contributed by atoms with Crippen LogP contribution in [0.4, 0.5) is 4.79 Å². The van der Waals surface area contributed by atoms with Crippen molar-refractivity contribution >= 4 is 11.9 Å². The molecule has 2 aliphatic heterocycles. The van der Waals surface area contributed by atoms with E-state index in [1.54, 1.807) is 4.90 Å². The summed E-state index contributed by atoms with van der Waals surface area (Å²) in [6, 6.07) is 7.81. The first-order chi connectivity index (χ1) is 9.70. The van der Waals surface area contributed by atoms with Crippen LogP contribution in [-0.2, 0) is 17.8 Å². The number of imide groups is 1. The molecule has 1 aromatic rings. The van der Waals surface area contributed by atoms with E-state index in [4.69, 9.17) is 0 Å². The molecule has 2 fully saturated rings. The van der Waals surface area contributed by atoms with Gasteiger partial charge in [0.1, 0.15) is 6.04 Å². The number of hydrogen-bond acceptors (Lipinski definition) is 2. The Bertz CT molecular complexity index is 517. The summed E-state index contributed by atoms with van der Waals surface area (Å²) in [5, 5.41) is 0. The first-order valence-electron chi connectivity index (χ1n) is 7.40. The highest BCUT2D eigenvalue weighted by molar-refractivity contribution is 6.04. The van der Waals surface area contributed by atoms with Crippen molar-refractivity contribution in [2.75, 3.05) is 6.54 Å². The number of piperidine rings is 1. The van der Waals surface area contributed by atoms with Gasteiger partial charge in [0.05, 0.1) is 6.54 Å². The quantitative estimate of drug-likeness (QED) is 0.793. The lowest BCUT2D eigenvalue weighted by molar-refractivity contribution is -0.129. The highest BCUT2D eigenvalue weighted by Crippen LogP contribution is 2.27. The molecule has 2 saturated heterocycles. The van der Waals surface area contributed by atoms with Gasteiger partial charge in [0.15, 0.2) is 0 Å². The third kappa shape index (κ3) is 2.19. The number of amides is 3. The Balaban J connectivity index is 1.79. The number of benzene rings is 1. The van der Waals surface area contributed by atoms with E-state index in [1.807, 2.05) is 12.1 Å². The molecule has 1 atom stereocenters. The molecule has 0 bridgehead atoms. The van der Waals surface area contributed by atoms with Gasteiger partial charge in [-0.05, 0) is 36.8 Å². The second kappa shape index (κ2) is 5.27. The molecule has 20 heavy (non-hydrogen) atoms. The zero-order valence-electron chi connectivity index (χ0n) is 11.8. The highest BCUT2D eigenvalue weighted by atomic mass is 16.2. The maximum atomic E-state index is 12.4. The SMILES string of the molecule is CCc1cccc(CN2C(=O)[C@@H]3CCCCN3C2=O)c1. The van der Waals surface area contributed by atoms with Crippen molar-refractivity contribution in [3.05, 3.63) is 35.4 Å². The maximum Gasteiger partial charge on any atom is 0.327 e. The first kappa shape index (κ1) is 13.2. The Kier molecular flexibility index (Phi) is 3.47. The molecule has 1 aromatic carbocycles. The fourth-order valence-corrected chi connectivity index (χ4v) is 3.12. The van der Waals surface area contributed by atoms with Crippen molar-refractivity contribution in [2.24, 2.45) is 0 Å². The van der Waals surface area contributed by atoms with Gasteiger partial charge in [-0.25, -0.2) is 4.79 Å². The van der Waals surface area contributed by atoms with E-state index in [2.05, 4.69) is 19.1 Å². The molecule has 0 aromatic heterocycles. The van der Waals surface area contributed by atoms with Gasteiger partial charge >= 0.3 is 6.03 Å². The van der Waals surface area contributed by atoms with Crippen LogP contribution in [0.3, 0.4) is 0 Å². The van der Waals surface area contributed by atoms with Crippen molar-refractivity contribution in [3.63, 3.8) is 0 Å². The summed E-state index contributed by atoms with van der Waals surface area (Å²) < 4.78 is 0. The molecule has 0 spiro atoms. The van der Waals surface area contributed by atoms with E-state index in [1.165, 1.54) is 10.5 Å². The molecule has 2 aliphatic rings. The van der Waals surface area contributed by atoms with Crippen LogP contribution in [0.5, 0.6) is 0 Å². The molecule has 4 heteroatoms. The summed E-state index contributed by atoms with van der Waals surface area (Å²) >= 11 is 0. The molecule has 0 N–H and O–H groups in total.